The molecule has 0 saturated carbocycles. The first kappa shape index (κ1) is 12.2. The Labute approximate surface area is 108 Å². The predicted molar refractivity (Wildman–Crippen MR) is 68.7 cm³/mol. The van der Waals surface area contributed by atoms with Crippen LogP contribution in [0, 0.1) is 5.82 Å². The Balaban J connectivity index is 2.08. The second-order valence-electron chi connectivity index (χ2n) is 3.51. The summed E-state index contributed by atoms with van der Waals surface area (Å²) in [5.74, 6) is -0.276. The molecule has 5 heteroatoms. The average Bonchev–Trinajstić information content (AvgIpc) is 2.75. The molecule has 0 aliphatic carbocycles. The minimum absolute atomic E-state index is 0.0439. The number of halogens is 2. The number of hydrogen-bond donors (Lipinski definition) is 0. The van der Waals surface area contributed by atoms with E-state index in [4.69, 9.17) is 11.6 Å². The van der Waals surface area contributed by atoms with Gasteiger partial charge < -0.3 is 0 Å². The van der Waals surface area contributed by atoms with Crippen molar-refractivity contribution in [1.29, 1.82) is 0 Å². The Bertz CT molecular complexity index is 522. The van der Waals surface area contributed by atoms with Gasteiger partial charge in [0.25, 0.3) is 0 Å². The van der Waals surface area contributed by atoms with E-state index in [2.05, 4.69) is 10.2 Å². The maximum atomic E-state index is 12.7. The molecule has 0 spiro atoms. The molecule has 1 atom stereocenters. The summed E-state index contributed by atoms with van der Waals surface area (Å²) >= 11 is 7.33. The predicted octanol–water partition coefficient (Wildman–Crippen LogP) is 5.39. The van der Waals surface area contributed by atoms with E-state index in [1.165, 1.54) is 23.5 Å². The summed E-state index contributed by atoms with van der Waals surface area (Å²) < 4.78 is 13.4. The fraction of sp³-hybridized carbons (Fsp3) is 0.167. The Hall–Kier alpha value is -1.26. The lowest BCUT2D eigenvalue weighted by Crippen LogP contribution is -1.81. The van der Waals surface area contributed by atoms with Crippen molar-refractivity contribution in [2.75, 3.05) is 0 Å². The van der Waals surface area contributed by atoms with E-state index in [0.29, 0.717) is 5.69 Å². The Kier molecular flexibility index (Phi) is 3.86. The summed E-state index contributed by atoms with van der Waals surface area (Å²) in [5, 5.41) is 8.22. The quantitative estimate of drug-likeness (QED) is 0.667. The van der Waals surface area contributed by atoms with Gasteiger partial charge >= 0.3 is 0 Å². The van der Waals surface area contributed by atoms with Crippen LogP contribution >= 0.6 is 22.9 Å². The third kappa shape index (κ3) is 3.35. The molecule has 0 saturated heterocycles. The summed E-state index contributed by atoms with van der Waals surface area (Å²) in [6.45, 7) is 1.94. The summed E-state index contributed by atoms with van der Waals surface area (Å²) in [6.07, 6.45) is 0. The highest BCUT2D eigenvalue weighted by molar-refractivity contribution is 7.16. The van der Waals surface area contributed by atoms with Crippen LogP contribution in [-0.4, -0.2) is 0 Å². The second-order valence-corrected chi connectivity index (χ2v) is 5.26. The van der Waals surface area contributed by atoms with Gasteiger partial charge in [-0.2, -0.15) is 10.2 Å². The van der Waals surface area contributed by atoms with E-state index in [9.17, 15) is 4.39 Å². The molecule has 0 amide bonds. The smallest absolute Gasteiger partial charge is 0.123 e. The van der Waals surface area contributed by atoms with E-state index in [-0.39, 0.29) is 11.9 Å². The highest BCUT2D eigenvalue weighted by atomic mass is 35.5. The van der Waals surface area contributed by atoms with Crippen LogP contribution in [0.15, 0.2) is 46.6 Å². The molecule has 0 aliphatic rings. The number of azo groups is 1. The van der Waals surface area contributed by atoms with Crippen LogP contribution in [0.1, 0.15) is 17.8 Å². The molecule has 1 aromatic heterocycles. The van der Waals surface area contributed by atoms with Crippen LogP contribution in [0.3, 0.4) is 0 Å². The van der Waals surface area contributed by atoms with Gasteiger partial charge in [-0.3, -0.25) is 0 Å². The number of hydrogen-bond acceptors (Lipinski definition) is 3. The average molecular weight is 269 g/mol. The molecule has 1 aromatic carbocycles. The van der Waals surface area contributed by atoms with Crippen molar-refractivity contribution in [2.24, 2.45) is 10.2 Å². The number of benzene rings is 1. The summed E-state index contributed by atoms with van der Waals surface area (Å²) in [5.41, 5.74) is 0.640. The molecule has 1 heterocycles. The van der Waals surface area contributed by atoms with Crippen molar-refractivity contribution >= 4 is 28.6 Å². The molecule has 0 N–H and O–H groups in total. The second kappa shape index (κ2) is 5.38. The largest absolute Gasteiger partial charge is 0.207 e. The van der Waals surface area contributed by atoms with Gasteiger partial charge in [0.1, 0.15) is 11.9 Å². The first-order chi connectivity index (χ1) is 8.15. The first-order valence-electron chi connectivity index (χ1n) is 5.07. The molecule has 2 nitrogen and oxygen atoms in total. The maximum absolute atomic E-state index is 12.7. The molecule has 0 aliphatic heterocycles. The minimum atomic E-state index is -0.276. The lowest BCUT2D eigenvalue weighted by atomic mass is 10.3. The summed E-state index contributed by atoms with van der Waals surface area (Å²) in [7, 11) is 0. The normalized spacial score (nSPS) is 13.1. The molecule has 88 valence electrons. The molecule has 0 bridgehead atoms. The SMILES string of the molecule is CC(N=Nc1ccc(F)cc1)c1ccc(Cl)s1. The maximum Gasteiger partial charge on any atom is 0.123 e. The van der Waals surface area contributed by atoms with Gasteiger partial charge in [0.2, 0.25) is 0 Å². The van der Waals surface area contributed by atoms with E-state index in [0.717, 1.165) is 9.21 Å². The van der Waals surface area contributed by atoms with Crippen LogP contribution in [0.2, 0.25) is 4.34 Å². The van der Waals surface area contributed by atoms with Crippen LogP contribution < -0.4 is 0 Å². The van der Waals surface area contributed by atoms with Crippen molar-refractivity contribution in [3.8, 4) is 0 Å². The molecule has 2 rings (SSSR count). The number of rotatable bonds is 3. The van der Waals surface area contributed by atoms with Crippen molar-refractivity contribution in [1.82, 2.24) is 0 Å². The topological polar surface area (TPSA) is 24.7 Å². The molecule has 2 aromatic rings. The molecular formula is C12H10ClFN2S. The van der Waals surface area contributed by atoms with Crippen LogP contribution in [0.4, 0.5) is 10.1 Å². The molecular weight excluding hydrogens is 259 g/mol. The van der Waals surface area contributed by atoms with E-state index >= 15 is 0 Å². The zero-order valence-electron chi connectivity index (χ0n) is 9.10. The molecule has 0 fully saturated rings. The third-order valence-electron chi connectivity index (χ3n) is 2.18. The van der Waals surface area contributed by atoms with Crippen molar-refractivity contribution < 1.29 is 4.39 Å². The van der Waals surface area contributed by atoms with Gasteiger partial charge in [0.15, 0.2) is 0 Å². The van der Waals surface area contributed by atoms with Gasteiger partial charge in [0.05, 0.1) is 10.0 Å². The van der Waals surface area contributed by atoms with Gasteiger partial charge in [-0.1, -0.05) is 11.6 Å². The minimum Gasteiger partial charge on any atom is -0.207 e. The fourth-order valence-electron chi connectivity index (χ4n) is 1.27. The van der Waals surface area contributed by atoms with Gasteiger partial charge in [-0.15, -0.1) is 11.3 Å². The fourth-order valence-corrected chi connectivity index (χ4v) is 2.32. The monoisotopic (exact) mass is 268 g/mol. The summed E-state index contributed by atoms with van der Waals surface area (Å²) in [6, 6.07) is 9.63. The van der Waals surface area contributed by atoms with E-state index < -0.39 is 0 Å². The first-order valence-corrected chi connectivity index (χ1v) is 6.26. The zero-order valence-corrected chi connectivity index (χ0v) is 10.7. The number of nitrogens with zero attached hydrogens (tertiary/aromatic N) is 2. The molecule has 0 radical (unpaired) electrons. The van der Waals surface area contributed by atoms with E-state index in [1.807, 2.05) is 19.1 Å². The summed E-state index contributed by atoms with van der Waals surface area (Å²) in [4.78, 5) is 1.06. The van der Waals surface area contributed by atoms with Crippen molar-refractivity contribution in [2.45, 2.75) is 13.0 Å². The van der Waals surface area contributed by atoms with Gasteiger partial charge in [-0.05, 0) is 43.3 Å². The van der Waals surface area contributed by atoms with Crippen molar-refractivity contribution in [3.63, 3.8) is 0 Å². The Morgan fingerprint density at radius 3 is 2.47 bits per heavy atom. The standard InChI is InChI=1S/C12H10ClFN2S/c1-8(11-6-7-12(13)17-11)15-16-10-4-2-9(14)3-5-10/h2-8H,1H3. The van der Waals surface area contributed by atoms with Crippen LogP contribution in [-0.2, 0) is 0 Å². The highest BCUT2D eigenvalue weighted by Gasteiger charge is 2.06. The van der Waals surface area contributed by atoms with Crippen LogP contribution in [0.5, 0.6) is 0 Å². The Morgan fingerprint density at radius 2 is 1.88 bits per heavy atom. The third-order valence-corrected chi connectivity index (χ3v) is 3.58. The van der Waals surface area contributed by atoms with Crippen LogP contribution in [0.25, 0.3) is 0 Å². The Morgan fingerprint density at radius 1 is 1.18 bits per heavy atom. The molecule has 1 unspecified atom stereocenters. The van der Waals surface area contributed by atoms with Gasteiger partial charge in [0, 0.05) is 4.88 Å². The lowest BCUT2D eigenvalue weighted by Gasteiger charge is -2.00. The lowest BCUT2D eigenvalue weighted by molar-refractivity contribution is 0.628. The number of thiophene rings is 1. The zero-order chi connectivity index (χ0) is 12.3. The van der Waals surface area contributed by atoms with Gasteiger partial charge in [-0.25, -0.2) is 4.39 Å². The van der Waals surface area contributed by atoms with Crippen molar-refractivity contribution in [3.05, 3.63) is 51.4 Å². The highest BCUT2D eigenvalue weighted by Crippen LogP contribution is 2.29. The molecule has 17 heavy (non-hydrogen) atoms. The van der Waals surface area contributed by atoms with E-state index in [1.54, 1.807) is 12.1 Å².